The Labute approximate surface area is 75.6 Å². The van der Waals surface area contributed by atoms with Crippen molar-refractivity contribution in [2.75, 3.05) is 40.6 Å². The monoisotopic (exact) mass is 179 g/mol. The van der Waals surface area contributed by atoms with Crippen molar-refractivity contribution < 1.29 is 18.5 Å². The summed E-state index contributed by atoms with van der Waals surface area (Å²) < 4.78 is 19.8. The number of hydrogen-bond acceptors (Lipinski definition) is 4. The molecule has 0 amide bonds. The molecule has 0 N–H and O–H groups in total. The van der Waals surface area contributed by atoms with Gasteiger partial charge in [-0.3, -0.25) is 0 Å². The summed E-state index contributed by atoms with van der Waals surface area (Å²) in [6, 6.07) is 0. The van der Waals surface area contributed by atoms with Gasteiger partial charge in [-0.1, -0.05) is 0 Å². The van der Waals surface area contributed by atoms with Crippen molar-refractivity contribution in [1.82, 2.24) is 0 Å². The van der Waals surface area contributed by atoms with E-state index in [4.69, 9.17) is 17.1 Å². The summed E-state index contributed by atoms with van der Waals surface area (Å²) in [7, 11) is 3.29. The van der Waals surface area contributed by atoms with E-state index in [2.05, 4.69) is 0 Å². The first kappa shape index (κ1) is 11.4. The van der Waals surface area contributed by atoms with Crippen molar-refractivity contribution >= 4 is 15.9 Å². The van der Waals surface area contributed by atoms with E-state index in [9.17, 15) is 0 Å². The van der Waals surface area contributed by atoms with Crippen molar-refractivity contribution in [3.63, 3.8) is 0 Å². The quantitative estimate of drug-likeness (QED) is 0.387. The predicted molar refractivity (Wildman–Crippen MR) is 42.5 cm³/mol. The van der Waals surface area contributed by atoms with Gasteiger partial charge < -0.3 is 1.43 Å². The maximum absolute atomic E-state index is 5.10. The number of rotatable bonds is 8. The summed E-state index contributed by atoms with van der Waals surface area (Å²) in [5, 5.41) is 0. The number of hydrogen-bond donors (Lipinski definition) is 0. The van der Waals surface area contributed by atoms with Crippen molar-refractivity contribution in [3.8, 4) is 0 Å². The van der Waals surface area contributed by atoms with Gasteiger partial charge in [-0.05, 0) is 0 Å². The van der Waals surface area contributed by atoms with Gasteiger partial charge in [-0.25, -0.2) is 0 Å². The van der Waals surface area contributed by atoms with Crippen LogP contribution in [0.5, 0.6) is 0 Å². The van der Waals surface area contributed by atoms with Crippen molar-refractivity contribution in [3.05, 3.63) is 0 Å². The zero-order chi connectivity index (χ0) is 8.36. The van der Waals surface area contributed by atoms with Crippen LogP contribution in [0.3, 0.4) is 0 Å². The van der Waals surface area contributed by atoms with Crippen molar-refractivity contribution in [2.24, 2.45) is 0 Å². The largest absolute Gasteiger partial charge is 1.00 e. The van der Waals surface area contributed by atoms with Crippen LogP contribution in [0, 0.1) is 0 Å². The Hall–Kier alpha value is 0.372. The molecule has 0 aromatic heterocycles. The normalized spacial score (nSPS) is 9.64. The molecule has 0 aliphatic heterocycles. The Kier molecular flexibility index (Phi) is 10.7. The molecule has 0 heterocycles. The fraction of sp³-hybridized carbons (Fsp3) is 1.00. The van der Waals surface area contributed by atoms with Crippen LogP contribution >= 0.6 is 0 Å². The van der Waals surface area contributed by atoms with E-state index in [-0.39, 0.29) is 17.3 Å². The predicted octanol–water partition coefficient (Wildman–Crippen LogP) is -0.0409. The Morgan fingerprint density at radius 2 is 1.36 bits per heavy atom. The van der Waals surface area contributed by atoms with Gasteiger partial charge in [0.1, 0.15) is 0 Å². The summed E-state index contributed by atoms with van der Waals surface area (Å²) in [5.41, 5.74) is 0. The summed E-state index contributed by atoms with van der Waals surface area (Å²) >= 11 is -0.349. The van der Waals surface area contributed by atoms with E-state index in [1.54, 1.807) is 14.2 Å². The molecule has 0 aromatic carbocycles. The molecule has 0 fully saturated rings. The molecular weight excluding hydrogens is 163 g/mol. The third-order valence-corrected chi connectivity index (χ3v) is 1.69. The molecule has 0 atom stereocenters. The fourth-order valence-electron chi connectivity index (χ4n) is 0.407. The zero-order valence-corrected chi connectivity index (χ0v) is 8.19. The van der Waals surface area contributed by atoms with Crippen LogP contribution in [0.2, 0.25) is 0 Å². The molecule has 4 nitrogen and oxygen atoms in total. The molecule has 0 aliphatic rings. The Balaban J connectivity index is 0. The summed E-state index contributed by atoms with van der Waals surface area (Å²) in [5.74, 6) is 0. The zero-order valence-electron chi connectivity index (χ0n) is 8.04. The summed E-state index contributed by atoms with van der Waals surface area (Å²) in [6.45, 7) is 2.47. The number of methoxy groups -OCH3 is 2. The van der Waals surface area contributed by atoms with Gasteiger partial charge in [0.05, 0.1) is 0 Å². The van der Waals surface area contributed by atoms with Gasteiger partial charge in [-0.2, -0.15) is 0 Å². The Bertz CT molecular complexity index is 68.6. The average Bonchev–Trinajstić information content (AvgIpc) is 2.03. The van der Waals surface area contributed by atoms with Gasteiger partial charge in [0, 0.05) is 0 Å². The fourth-order valence-corrected chi connectivity index (χ4v) is 0.888. The first-order valence-corrected chi connectivity index (χ1v) is 4.39. The molecule has 0 rings (SSSR count). The molecule has 0 unspecified atom stereocenters. The first-order valence-electron chi connectivity index (χ1n) is 3.44. The van der Waals surface area contributed by atoms with Crippen LogP contribution in [0.15, 0.2) is 0 Å². The Morgan fingerprint density at radius 1 is 0.909 bits per heavy atom. The second-order valence-electron chi connectivity index (χ2n) is 1.82. The smallest absolute Gasteiger partial charge is 1.00 e. The third-order valence-electron chi connectivity index (χ3n) is 0.947. The van der Waals surface area contributed by atoms with Crippen LogP contribution in [-0.4, -0.2) is 56.5 Å². The van der Waals surface area contributed by atoms with Crippen LogP contribution in [0.4, 0.5) is 0 Å². The molecule has 0 saturated carbocycles. The molecule has 11 heavy (non-hydrogen) atoms. The third kappa shape index (κ3) is 10.4. The molecule has 66 valence electrons. The molecule has 0 saturated heterocycles. The Morgan fingerprint density at radius 3 is 1.73 bits per heavy atom. The molecular formula is C6H15AlO4. The molecule has 5 heteroatoms. The molecule has 0 spiro atoms. The summed E-state index contributed by atoms with van der Waals surface area (Å²) in [4.78, 5) is 0. The van der Waals surface area contributed by atoms with Crippen LogP contribution in [0.1, 0.15) is 1.43 Å². The van der Waals surface area contributed by atoms with Crippen LogP contribution < -0.4 is 0 Å². The van der Waals surface area contributed by atoms with E-state index >= 15 is 0 Å². The van der Waals surface area contributed by atoms with E-state index in [1.165, 1.54) is 0 Å². The number of ether oxygens (including phenoxy) is 2. The van der Waals surface area contributed by atoms with E-state index in [0.29, 0.717) is 26.4 Å². The maximum atomic E-state index is 5.10. The van der Waals surface area contributed by atoms with Gasteiger partial charge in [0.2, 0.25) is 0 Å². The van der Waals surface area contributed by atoms with E-state index in [0.717, 1.165) is 0 Å². The van der Waals surface area contributed by atoms with Gasteiger partial charge in [-0.15, -0.1) is 0 Å². The minimum absolute atomic E-state index is 0. The molecule has 0 aliphatic carbocycles. The first-order chi connectivity index (χ1) is 5.41. The molecule has 0 radical (unpaired) electrons. The summed E-state index contributed by atoms with van der Waals surface area (Å²) in [6.07, 6.45) is 0. The standard InChI is InChI=1S/2C3H7O2.Al.H/c2*1-5-3-2-4;;/h2*2-3H2,1H3;;/q2*-1;+3;-1/i;;;1+1. The minimum atomic E-state index is -0.349. The molecule has 0 aromatic rings. The average molecular weight is 179 g/mol. The maximum Gasteiger partial charge on any atom is -1.00 e. The topological polar surface area (TPSA) is 36.9 Å². The van der Waals surface area contributed by atoms with Gasteiger partial charge in [0.25, 0.3) is 0 Å². The van der Waals surface area contributed by atoms with E-state index < -0.39 is 0 Å². The van der Waals surface area contributed by atoms with E-state index in [1.807, 2.05) is 0 Å². The minimum Gasteiger partial charge on any atom is -1.00 e. The second kappa shape index (κ2) is 10.4. The van der Waals surface area contributed by atoms with Crippen molar-refractivity contribution in [1.29, 1.82) is 0 Å². The van der Waals surface area contributed by atoms with Gasteiger partial charge in [0.15, 0.2) is 0 Å². The second-order valence-corrected chi connectivity index (χ2v) is 2.68. The van der Waals surface area contributed by atoms with Crippen LogP contribution in [-0.2, 0) is 17.1 Å². The van der Waals surface area contributed by atoms with Gasteiger partial charge >= 0.3 is 73.6 Å². The van der Waals surface area contributed by atoms with Crippen LogP contribution in [0.25, 0.3) is 0 Å². The SMILES string of the molecule is COCC[O][Al+][O]CCOC.[2H-]. The molecule has 0 bridgehead atoms. The van der Waals surface area contributed by atoms with Crippen molar-refractivity contribution in [2.45, 2.75) is 0 Å².